The van der Waals surface area contributed by atoms with Crippen LogP contribution in [0.3, 0.4) is 0 Å². The van der Waals surface area contributed by atoms with Gasteiger partial charge in [0, 0.05) is 15.4 Å². The molecule has 1 aromatic heterocycles. The first-order valence-electron chi connectivity index (χ1n) is 4.62. The first kappa shape index (κ1) is 9.60. The van der Waals surface area contributed by atoms with Gasteiger partial charge in [-0.15, -0.1) is 0 Å². The zero-order valence-electron chi connectivity index (χ0n) is 7.65. The number of hydrogen-bond acceptors (Lipinski definition) is 1. The molecule has 2 aromatic rings. The standard InChI is InChI=1S/C10H7BrClFN2/c11-9-5-4-14-15-7(5)3-6(12)8(9)10(13)1-2-10/h3-4H,1-2H2,(H,14,15). The second-order valence-electron chi connectivity index (χ2n) is 3.84. The monoisotopic (exact) mass is 288 g/mol. The zero-order chi connectivity index (χ0) is 10.6. The van der Waals surface area contributed by atoms with Crippen molar-refractivity contribution in [2.75, 3.05) is 0 Å². The second kappa shape index (κ2) is 2.95. The summed E-state index contributed by atoms with van der Waals surface area (Å²) in [5.74, 6) is 0. The summed E-state index contributed by atoms with van der Waals surface area (Å²) < 4.78 is 14.8. The molecule has 0 radical (unpaired) electrons. The molecule has 15 heavy (non-hydrogen) atoms. The molecule has 0 unspecified atom stereocenters. The third-order valence-corrected chi connectivity index (χ3v) is 3.89. The number of H-pyrrole nitrogens is 1. The molecule has 78 valence electrons. The molecule has 1 aliphatic carbocycles. The van der Waals surface area contributed by atoms with Crippen LogP contribution in [0, 0.1) is 0 Å². The average Bonchev–Trinajstić information content (AvgIpc) is 2.75. The highest BCUT2D eigenvalue weighted by atomic mass is 79.9. The van der Waals surface area contributed by atoms with Gasteiger partial charge in [0.1, 0.15) is 5.67 Å². The fraction of sp³-hybridized carbons (Fsp3) is 0.300. The van der Waals surface area contributed by atoms with E-state index in [-0.39, 0.29) is 0 Å². The Hall–Kier alpha value is -0.610. The Labute approximate surface area is 98.9 Å². The zero-order valence-corrected chi connectivity index (χ0v) is 9.99. The molecule has 1 heterocycles. The average molecular weight is 290 g/mol. The van der Waals surface area contributed by atoms with Gasteiger partial charge in [-0.2, -0.15) is 5.10 Å². The van der Waals surface area contributed by atoms with Gasteiger partial charge in [-0.05, 0) is 34.8 Å². The summed E-state index contributed by atoms with van der Waals surface area (Å²) in [4.78, 5) is 0. The lowest BCUT2D eigenvalue weighted by molar-refractivity contribution is 0.317. The van der Waals surface area contributed by atoms with Gasteiger partial charge in [0.05, 0.1) is 16.7 Å². The minimum absolute atomic E-state index is 0.457. The Balaban J connectivity index is 2.37. The highest BCUT2D eigenvalue weighted by Crippen LogP contribution is 2.55. The van der Waals surface area contributed by atoms with Crippen molar-refractivity contribution in [3.63, 3.8) is 0 Å². The van der Waals surface area contributed by atoms with Crippen LogP contribution in [0.2, 0.25) is 5.02 Å². The van der Waals surface area contributed by atoms with Crippen molar-refractivity contribution in [2.24, 2.45) is 0 Å². The highest BCUT2D eigenvalue weighted by Gasteiger charge is 2.48. The number of halogens is 3. The number of nitrogens with one attached hydrogen (secondary N) is 1. The van der Waals surface area contributed by atoms with E-state index in [1.54, 1.807) is 12.3 Å². The molecule has 0 saturated heterocycles. The van der Waals surface area contributed by atoms with Gasteiger partial charge < -0.3 is 0 Å². The van der Waals surface area contributed by atoms with Gasteiger partial charge in [0.25, 0.3) is 0 Å². The van der Waals surface area contributed by atoms with Crippen LogP contribution in [0.5, 0.6) is 0 Å². The molecule has 0 bridgehead atoms. The number of aromatic amines is 1. The Bertz CT molecular complexity index is 548. The fourth-order valence-electron chi connectivity index (χ4n) is 1.79. The molecule has 3 rings (SSSR count). The van der Waals surface area contributed by atoms with Crippen molar-refractivity contribution in [3.05, 3.63) is 27.3 Å². The summed E-state index contributed by atoms with van der Waals surface area (Å²) in [5, 5.41) is 8.05. The molecule has 1 aliphatic rings. The number of hydrogen-bond donors (Lipinski definition) is 1. The second-order valence-corrected chi connectivity index (χ2v) is 5.04. The number of aromatic nitrogens is 2. The molecule has 2 nitrogen and oxygen atoms in total. The molecule has 1 aromatic carbocycles. The maximum Gasteiger partial charge on any atom is 0.138 e. The van der Waals surface area contributed by atoms with E-state index in [0.717, 1.165) is 15.4 Å². The number of rotatable bonds is 1. The third kappa shape index (κ3) is 1.31. The summed E-state index contributed by atoms with van der Waals surface area (Å²) in [7, 11) is 0. The molecule has 0 aliphatic heterocycles. The van der Waals surface area contributed by atoms with Gasteiger partial charge in [0.2, 0.25) is 0 Å². The molecule has 0 atom stereocenters. The highest BCUT2D eigenvalue weighted by molar-refractivity contribution is 9.10. The van der Waals surface area contributed by atoms with Crippen LogP contribution in [-0.4, -0.2) is 10.2 Å². The predicted octanol–water partition coefficient (Wildman–Crippen LogP) is 3.94. The third-order valence-electron chi connectivity index (χ3n) is 2.77. The fourth-order valence-corrected chi connectivity index (χ4v) is 3.16. The SMILES string of the molecule is FC1(c2c(Cl)cc3[nH]ncc3c2Br)CC1. The van der Waals surface area contributed by atoms with E-state index in [9.17, 15) is 4.39 Å². The number of benzene rings is 1. The van der Waals surface area contributed by atoms with Gasteiger partial charge in [-0.25, -0.2) is 4.39 Å². The largest absolute Gasteiger partial charge is 0.278 e. The number of nitrogens with zero attached hydrogens (tertiary/aromatic N) is 1. The Morgan fingerprint density at radius 2 is 2.27 bits per heavy atom. The van der Waals surface area contributed by atoms with Gasteiger partial charge in [-0.3, -0.25) is 5.10 Å². The lowest BCUT2D eigenvalue weighted by atomic mass is 10.1. The van der Waals surface area contributed by atoms with E-state index in [1.807, 2.05) is 0 Å². The Morgan fingerprint density at radius 1 is 1.53 bits per heavy atom. The maximum absolute atomic E-state index is 14.0. The smallest absolute Gasteiger partial charge is 0.138 e. The van der Waals surface area contributed by atoms with E-state index >= 15 is 0 Å². The number of alkyl halides is 1. The minimum Gasteiger partial charge on any atom is -0.278 e. The molecule has 0 amide bonds. The van der Waals surface area contributed by atoms with Crippen LogP contribution >= 0.6 is 27.5 Å². The first-order valence-corrected chi connectivity index (χ1v) is 5.79. The van der Waals surface area contributed by atoms with E-state index < -0.39 is 5.67 Å². The lowest BCUT2D eigenvalue weighted by Crippen LogP contribution is -2.00. The molecule has 0 spiro atoms. The van der Waals surface area contributed by atoms with Gasteiger partial charge in [-0.1, -0.05) is 11.6 Å². The van der Waals surface area contributed by atoms with Crippen LogP contribution in [0.15, 0.2) is 16.7 Å². The Kier molecular flexibility index (Phi) is 1.89. The molecule has 1 saturated carbocycles. The molecular weight excluding hydrogens is 282 g/mol. The van der Waals surface area contributed by atoms with E-state index in [4.69, 9.17) is 11.6 Å². The minimum atomic E-state index is -1.23. The summed E-state index contributed by atoms with van der Waals surface area (Å²) in [6, 6.07) is 1.73. The van der Waals surface area contributed by atoms with Crippen molar-refractivity contribution in [1.29, 1.82) is 0 Å². The van der Waals surface area contributed by atoms with E-state index in [2.05, 4.69) is 26.1 Å². The van der Waals surface area contributed by atoms with Crippen molar-refractivity contribution in [2.45, 2.75) is 18.5 Å². The topological polar surface area (TPSA) is 28.7 Å². The lowest BCUT2D eigenvalue weighted by Gasteiger charge is -2.11. The summed E-state index contributed by atoms with van der Waals surface area (Å²) >= 11 is 9.48. The van der Waals surface area contributed by atoms with E-state index in [0.29, 0.717) is 23.4 Å². The van der Waals surface area contributed by atoms with Crippen LogP contribution in [-0.2, 0) is 5.67 Å². The Morgan fingerprint density at radius 3 is 2.93 bits per heavy atom. The molecule has 1 N–H and O–H groups in total. The maximum atomic E-state index is 14.0. The van der Waals surface area contributed by atoms with Gasteiger partial charge in [0.15, 0.2) is 0 Å². The summed E-state index contributed by atoms with van der Waals surface area (Å²) in [6.45, 7) is 0. The first-order chi connectivity index (χ1) is 7.12. The van der Waals surface area contributed by atoms with Crippen molar-refractivity contribution in [3.8, 4) is 0 Å². The molecule has 1 fully saturated rings. The van der Waals surface area contributed by atoms with Crippen LogP contribution in [0.1, 0.15) is 18.4 Å². The summed E-state index contributed by atoms with van der Waals surface area (Å²) in [5.41, 5.74) is 0.152. The van der Waals surface area contributed by atoms with Crippen molar-refractivity contribution < 1.29 is 4.39 Å². The molecular formula is C10H7BrClFN2. The van der Waals surface area contributed by atoms with Crippen LogP contribution in [0.25, 0.3) is 10.9 Å². The van der Waals surface area contributed by atoms with Gasteiger partial charge >= 0.3 is 0 Å². The normalized spacial score (nSPS) is 18.3. The quantitative estimate of drug-likeness (QED) is 0.846. The van der Waals surface area contributed by atoms with Crippen LogP contribution < -0.4 is 0 Å². The van der Waals surface area contributed by atoms with Crippen LogP contribution in [0.4, 0.5) is 4.39 Å². The summed E-state index contributed by atoms with van der Waals surface area (Å²) in [6.07, 6.45) is 2.77. The van der Waals surface area contributed by atoms with Crippen molar-refractivity contribution >= 4 is 38.4 Å². The number of fused-ring (bicyclic) bond motifs is 1. The van der Waals surface area contributed by atoms with Crippen molar-refractivity contribution in [1.82, 2.24) is 10.2 Å². The molecule has 5 heteroatoms. The van der Waals surface area contributed by atoms with E-state index in [1.165, 1.54) is 0 Å². The predicted molar refractivity (Wildman–Crippen MR) is 60.8 cm³/mol.